The molecule has 0 saturated heterocycles. The summed E-state index contributed by atoms with van der Waals surface area (Å²) in [4.78, 5) is 27.0. The fourth-order valence-corrected chi connectivity index (χ4v) is 5.09. The second kappa shape index (κ2) is 12.1. The Kier molecular flexibility index (Phi) is 8.66. The number of benzene rings is 2. The van der Waals surface area contributed by atoms with E-state index in [0.29, 0.717) is 49.5 Å². The molecule has 1 N–H and O–H groups in total. The highest BCUT2D eigenvalue weighted by atomic mass is 16.6. The van der Waals surface area contributed by atoms with Gasteiger partial charge in [-0.2, -0.15) is 0 Å². The number of dihydropyridines is 1. The van der Waals surface area contributed by atoms with Gasteiger partial charge in [0.15, 0.2) is 5.78 Å². The molecule has 0 saturated carbocycles. The van der Waals surface area contributed by atoms with Crippen molar-refractivity contribution in [2.24, 2.45) is 0 Å². The van der Waals surface area contributed by atoms with Crippen molar-refractivity contribution in [2.45, 2.75) is 45.4 Å². The number of nitrogens with one attached hydrogen (secondary N) is 1. The number of rotatable bonds is 10. The average molecular weight is 506 g/mol. The van der Waals surface area contributed by atoms with Crippen LogP contribution in [0.3, 0.4) is 0 Å². The molecular formula is C30H35NO6. The van der Waals surface area contributed by atoms with Gasteiger partial charge in [-0.05, 0) is 68.5 Å². The maximum absolute atomic E-state index is 13.7. The Morgan fingerprint density at radius 1 is 0.919 bits per heavy atom. The van der Waals surface area contributed by atoms with E-state index in [4.69, 9.17) is 18.9 Å². The fourth-order valence-electron chi connectivity index (χ4n) is 5.09. The van der Waals surface area contributed by atoms with E-state index in [1.165, 1.54) is 0 Å². The zero-order valence-electron chi connectivity index (χ0n) is 22.0. The number of esters is 1. The second-order valence-corrected chi connectivity index (χ2v) is 9.13. The van der Waals surface area contributed by atoms with Crippen LogP contribution in [0, 0.1) is 0 Å². The minimum Gasteiger partial charge on any atom is -0.497 e. The summed E-state index contributed by atoms with van der Waals surface area (Å²) >= 11 is 0. The van der Waals surface area contributed by atoms with Gasteiger partial charge in [0.1, 0.15) is 18.1 Å². The summed E-state index contributed by atoms with van der Waals surface area (Å²) in [5, 5.41) is 3.39. The third-order valence-corrected chi connectivity index (χ3v) is 6.82. The van der Waals surface area contributed by atoms with Gasteiger partial charge in [-0.15, -0.1) is 0 Å². The van der Waals surface area contributed by atoms with Crippen LogP contribution in [0.1, 0.15) is 56.6 Å². The van der Waals surface area contributed by atoms with Gasteiger partial charge in [0, 0.05) is 35.9 Å². The summed E-state index contributed by atoms with van der Waals surface area (Å²) in [6.07, 6.45) is 1.04. The summed E-state index contributed by atoms with van der Waals surface area (Å²) < 4.78 is 21.8. The number of hydrogen-bond acceptors (Lipinski definition) is 7. The molecule has 0 aromatic heterocycles. The first kappa shape index (κ1) is 26.5. The molecule has 0 unspecified atom stereocenters. The van der Waals surface area contributed by atoms with Gasteiger partial charge in [0.25, 0.3) is 0 Å². The standard InChI is InChI=1S/C30H35NO6/c1-5-35-15-16-37-30(33)27-19(3)31-25-17-22(20-7-11-23(34-4)12-8-20)18-26(32)29(25)28(27)21-9-13-24(14-10-21)36-6-2/h7-14,22,28,31H,5-6,15-18H2,1-4H3/t22-,28+/m0/s1. The van der Waals surface area contributed by atoms with Crippen LogP contribution in [0.5, 0.6) is 11.5 Å². The fraction of sp³-hybridized carbons (Fsp3) is 0.400. The third-order valence-electron chi connectivity index (χ3n) is 6.82. The van der Waals surface area contributed by atoms with Gasteiger partial charge in [-0.3, -0.25) is 4.79 Å². The zero-order valence-corrected chi connectivity index (χ0v) is 22.0. The van der Waals surface area contributed by atoms with E-state index >= 15 is 0 Å². The van der Waals surface area contributed by atoms with Crippen molar-refractivity contribution < 1.29 is 28.5 Å². The number of carbonyl (C=O) groups is 2. The molecule has 1 aliphatic carbocycles. The lowest BCUT2D eigenvalue weighted by Gasteiger charge is -2.36. The molecule has 0 fully saturated rings. The first-order valence-corrected chi connectivity index (χ1v) is 12.8. The van der Waals surface area contributed by atoms with E-state index in [1.807, 2.05) is 69.3 Å². The Morgan fingerprint density at radius 3 is 2.24 bits per heavy atom. The number of ketones is 1. The van der Waals surface area contributed by atoms with Crippen LogP contribution in [0.4, 0.5) is 0 Å². The Labute approximate surface area is 218 Å². The van der Waals surface area contributed by atoms with E-state index < -0.39 is 11.9 Å². The van der Waals surface area contributed by atoms with Crippen LogP contribution >= 0.6 is 0 Å². The van der Waals surface area contributed by atoms with E-state index in [1.54, 1.807) is 7.11 Å². The van der Waals surface area contributed by atoms with E-state index in [-0.39, 0.29) is 18.3 Å². The minimum atomic E-state index is -0.518. The summed E-state index contributed by atoms with van der Waals surface area (Å²) in [5.41, 5.74) is 4.58. The van der Waals surface area contributed by atoms with Gasteiger partial charge in [-0.1, -0.05) is 24.3 Å². The average Bonchev–Trinajstić information content (AvgIpc) is 2.91. The van der Waals surface area contributed by atoms with Crippen LogP contribution in [0.15, 0.2) is 71.1 Å². The quantitative estimate of drug-likeness (QED) is 0.358. The van der Waals surface area contributed by atoms with Crippen molar-refractivity contribution in [3.8, 4) is 11.5 Å². The molecule has 196 valence electrons. The van der Waals surface area contributed by atoms with Crippen molar-refractivity contribution in [3.05, 3.63) is 82.2 Å². The maximum atomic E-state index is 13.7. The van der Waals surface area contributed by atoms with Gasteiger partial charge >= 0.3 is 5.97 Å². The summed E-state index contributed by atoms with van der Waals surface area (Å²) in [6, 6.07) is 15.5. The van der Waals surface area contributed by atoms with E-state index in [0.717, 1.165) is 28.3 Å². The van der Waals surface area contributed by atoms with Gasteiger partial charge < -0.3 is 24.3 Å². The lowest BCUT2D eigenvalue weighted by Crippen LogP contribution is -2.36. The zero-order chi connectivity index (χ0) is 26.4. The molecule has 0 amide bonds. The molecule has 7 heteroatoms. The largest absolute Gasteiger partial charge is 0.497 e. The van der Waals surface area contributed by atoms with Gasteiger partial charge in [-0.25, -0.2) is 4.79 Å². The first-order valence-electron chi connectivity index (χ1n) is 12.8. The van der Waals surface area contributed by atoms with E-state index in [9.17, 15) is 9.59 Å². The van der Waals surface area contributed by atoms with Crippen LogP contribution in [0.2, 0.25) is 0 Å². The summed E-state index contributed by atoms with van der Waals surface area (Å²) in [7, 11) is 1.64. The SMILES string of the molecule is CCOCCOC(=O)C1=C(C)NC2=C(C(=O)C[C@@H](c3ccc(OC)cc3)C2)[C@@H]1c1ccc(OCC)cc1. The number of Topliss-reactive ketones (excluding diaryl/α,β-unsaturated/α-hetero) is 1. The topological polar surface area (TPSA) is 83.1 Å². The highest BCUT2D eigenvalue weighted by Crippen LogP contribution is 2.46. The van der Waals surface area contributed by atoms with Crippen molar-refractivity contribution in [1.82, 2.24) is 5.32 Å². The molecule has 4 rings (SSSR count). The maximum Gasteiger partial charge on any atom is 0.336 e. The van der Waals surface area contributed by atoms with Crippen LogP contribution in [-0.4, -0.2) is 45.3 Å². The molecular weight excluding hydrogens is 470 g/mol. The van der Waals surface area contributed by atoms with E-state index in [2.05, 4.69) is 5.32 Å². The van der Waals surface area contributed by atoms with Crippen molar-refractivity contribution in [1.29, 1.82) is 0 Å². The number of methoxy groups -OCH3 is 1. The summed E-state index contributed by atoms with van der Waals surface area (Å²) in [5.74, 6) is 0.628. The molecule has 1 heterocycles. The highest BCUT2D eigenvalue weighted by Gasteiger charge is 2.41. The number of ether oxygens (including phenoxy) is 4. The molecule has 0 spiro atoms. The monoisotopic (exact) mass is 505 g/mol. The Morgan fingerprint density at radius 2 is 1.59 bits per heavy atom. The number of hydrogen-bond donors (Lipinski definition) is 1. The molecule has 0 bridgehead atoms. The van der Waals surface area contributed by atoms with Crippen LogP contribution in [0.25, 0.3) is 0 Å². The minimum absolute atomic E-state index is 0.0283. The Balaban J connectivity index is 1.69. The number of allylic oxidation sites excluding steroid dienone is 3. The lowest BCUT2D eigenvalue weighted by molar-refractivity contribution is -0.140. The van der Waals surface area contributed by atoms with Crippen LogP contribution < -0.4 is 14.8 Å². The van der Waals surface area contributed by atoms with Crippen molar-refractivity contribution in [2.75, 3.05) is 33.5 Å². The smallest absolute Gasteiger partial charge is 0.336 e. The Hall–Kier alpha value is -3.58. The molecule has 2 aromatic rings. The first-order chi connectivity index (χ1) is 18.0. The lowest BCUT2D eigenvalue weighted by atomic mass is 9.71. The molecule has 2 atom stereocenters. The molecule has 0 radical (unpaired) electrons. The predicted molar refractivity (Wildman–Crippen MR) is 141 cm³/mol. The molecule has 1 aliphatic heterocycles. The number of carbonyl (C=O) groups excluding carboxylic acids is 2. The normalized spacial score (nSPS) is 19.3. The second-order valence-electron chi connectivity index (χ2n) is 9.13. The van der Waals surface area contributed by atoms with Crippen molar-refractivity contribution in [3.63, 3.8) is 0 Å². The molecule has 2 aromatic carbocycles. The molecule has 7 nitrogen and oxygen atoms in total. The summed E-state index contributed by atoms with van der Waals surface area (Å²) in [6.45, 7) is 7.28. The highest BCUT2D eigenvalue weighted by molar-refractivity contribution is 6.04. The molecule has 37 heavy (non-hydrogen) atoms. The molecule has 2 aliphatic rings. The third kappa shape index (κ3) is 5.88. The van der Waals surface area contributed by atoms with Gasteiger partial charge in [0.05, 0.1) is 25.9 Å². The Bertz CT molecular complexity index is 1180. The predicted octanol–water partition coefficient (Wildman–Crippen LogP) is 5.04. The van der Waals surface area contributed by atoms with Crippen LogP contribution in [-0.2, 0) is 19.1 Å². The van der Waals surface area contributed by atoms with Crippen molar-refractivity contribution >= 4 is 11.8 Å². The van der Waals surface area contributed by atoms with Gasteiger partial charge in [0.2, 0.25) is 0 Å².